The van der Waals surface area contributed by atoms with Crippen molar-refractivity contribution in [2.45, 2.75) is 58.6 Å². The molecule has 3 heterocycles. The molecule has 0 saturated carbocycles. The van der Waals surface area contributed by atoms with Crippen molar-refractivity contribution in [3.63, 3.8) is 0 Å². The number of carbonyl (C=O) groups is 2. The Kier molecular flexibility index (Phi) is 5.73. The summed E-state index contributed by atoms with van der Waals surface area (Å²) >= 11 is 0. The van der Waals surface area contributed by atoms with E-state index in [-0.39, 0.29) is 17.9 Å². The first-order valence-corrected chi connectivity index (χ1v) is 9.33. The molecule has 1 aromatic heterocycles. The summed E-state index contributed by atoms with van der Waals surface area (Å²) in [7, 11) is 0. The molecule has 25 heavy (non-hydrogen) atoms. The van der Waals surface area contributed by atoms with Crippen molar-refractivity contribution in [1.82, 2.24) is 20.2 Å². The van der Waals surface area contributed by atoms with Gasteiger partial charge < -0.3 is 19.9 Å². The van der Waals surface area contributed by atoms with Crippen LogP contribution >= 0.6 is 0 Å². The molecule has 1 atom stereocenters. The third kappa shape index (κ3) is 4.21. The molecule has 2 aliphatic heterocycles. The Bertz CT molecular complexity index is 633. The van der Waals surface area contributed by atoms with Gasteiger partial charge in [0.25, 0.3) is 11.8 Å². The van der Waals surface area contributed by atoms with E-state index in [1.54, 1.807) is 0 Å². The number of rotatable bonds is 6. The second-order valence-corrected chi connectivity index (χ2v) is 7.29. The molecule has 0 radical (unpaired) electrons. The zero-order valence-corrected chi connectivity index (χ0v) is 15.1. The Morgan fingerprint density at radius 1 is 1.24 bits per heavy atom. The average molecular weight is 348 g/mol. The molecule has 2 N–H and O–H groups in total. The van der Waals surface area contributed by atoms with Crippen LogP contribution in [0.1, 0.15) is 66.3 Å². The first kappa shape index (κ1) is 17.9. The Morgan fingerprint density at radius 3 is 2.80 bits per heavy atom. The summed E-state index contributed by atoms with van der Waals surface area (Å²) in [5, 5.41) is 5.83. The molecule has 1 unspecified atom stereocenters. The predicted octanol–water partition coefficient (Wildman–Crippen LogP) is 1.51. The number of aromatic nitrogens is 2. The topological polar surface area (TPSA) is 85.2 Å². The maximum absolute atomic E-state index is 12.6. The number of hydrogen-bond acceptors (Lipinski definition) is 4. The van der Waals surface area contributed by atoms with Crippen molar-refractivity contribution in [2.75, 3.05) is 19.7 Å². The lowest BCUT2D eigenvalue weighted by Gasteiger charge is -2.17. The van der Waals surface area contributed by atoms with E-state index in [9.17, 15) is 9.59 Å². The van der Waals surface area contributed by atoms with Crippen molar-refractivity contribution in [3.05, 3.63) is 17.2 Å². The molecule has 2 amide bonds. The predicted molar refractivity (Wildman–Crippen MR) is 93.6 cm³/mol. The fourth-order valence-electron chi connectivity index (χ4n) is 3.37. The summed E-state index contributed by atoms with van der Waals surface area (Å²) < 4.78 is 7.46. The Labute approximate surface area is 148 Å². The van der Waals surface area contributed by atoms with E-state index in [4.69, 9.17) is 4.74 Å². The van der Waals surface area contributed by atoms with Crippen LogP contribution in [0.4, 0.5) is 0 Å². The summed E-state index contributed by atoms with van der Waals surface area (Å²) in [6, 6.07) is 0. The van der Waals surface area contributed by atoms with Crippen molar-refractivity contribution in [2.24, 2.45) is 5.92 Å². The summed E-state index contributed by atoms with van der Waals surface area (Å²) in [6.45, 7) is 6.70. The number of amides is 2. The van der Waals surface area contributed by atoms with Crippen molar-refractivity contribution >= 4 is 11.8 Å². The number of carbonyl (C=O) groups excluding carboxylic acids is 2. The minimum absolute atomic E-state index is 0.0937. The maximum atomic E-state index is 12.6. The first-order valence-electron chi connectivity index (χ1n) is 9.33. The highest BCUT2D eigenvalue weighted by atomic mass is 16.5. The number of nitrogens with zero attached hydrogens (tertiary/aromatic N) is 2. The standard InChI is InChI=1S/C18H28N4O3/c1-12(2)10-19-18(24)16-21-15(14-7-3-4-8-22(14)16)17(23)20-11-13-6-5-9-25-13/h12-13H,3-11H2,1-2H3,(H,19,24)(H,20,23). The highest BCUT2D eigenvalue weighted by molar-refractivity contribution is 5.97. The zero-order valence-electron chi connectivity index (χ0n) is 15.1. The molecule has 7 heteroatoms. The van der Waals surface area contributed by atoms with Crippen LogP contribution in [-0.2, 0) is 17.7 Å². The summed E-state index contributed by atoms with van der Waals surface area (Å²) in [5.74, 6) is 0.325. The van der Waals surface area contributed by atoms with E-state index < -0.39 is 0 Å². The van der Waals surface area contributed by atoms with Gasteiger partial charge in [0.1, 0.15) is 5.69 Å². The van der Waals surface area contributed by atoms with Crippen LogP contribution in [-0.4, -0.2) is 47.2 Å². The number of ether oxygens (including phenoxy) is 1. The third-order valence-corrected chi connectivity index (χ3v) is 4.72. The molecular formula is C18H28N4O3. The van der Waals surface area contributed by atoms with Crippen molar-refractivity contribution < 1.29 is 14.3 Å². The minimum atomic E-state index is -0.205. The van der Waals surface area contributed by atoms with Gasteiger partial charge in [0, 0.05) is 26.2 Å². The van der Waals surface area contributed by atoms with Gasteiger partial charge in [-0.1, -0.05) is 13.8 Å². The lowest BCUT2D eigenvalue weighted by Crippen LogP contribution is -2.32. The largest absolute Gasteiger partial charge is 0.376 e. The normalized spacial score (nSPS) is 19.7. The van der Waals surface area contributed by atoms with Crippen LogP contribution < -0.4 is 10.6 Å². The van der Waals surface area contributed by atoms with E-state index in [2.05, 4.69) is 15.6 Å². The van der Waals surface area contributed by atoms with E-state index in [0.29, 0.717) is 30.5 Å². The molecule has 0 bridgehead atoms. The van der Waals surface area contributed by atoms with Gasteiger partial charge in [-0.2, -0.15) is 0 Å². The number of imidazole rings is 1. The Morgan fingerprint density at radius 2 is 2.08 bits per heavy atom. The van der Waals surface area contributed by atoms with E-state index >= 15 is 0 Å². The van der Waals surface area contributed by atoms with Crippen LogP contribution in [0.2, 0.25) is 0 Å². The molecule has 1 saturated heterocycles. The van der Waals surface area contributed by atoms with E-state index in [0.717, 1.165) is 50.9 Å². The molecule has 1 fully saturated rings. The highest BCUT2D eigenvalue weighted by Crippen LogP contribution is 2.21. The molecule has 3 rings (SSSR count). The van der Waals surface area contributed by atoms with E-state index in [1.165, 1.54) is 0 Å². The second-order valence-electron chi connectivity index (χ2n) is 7.29. The molecule has 7 nitrogen and oxygen atoms in total. The van der Waals surface area contributed by atoms with E-state index in [1.807, 2.05) is 18.4 Å². The highest BCUT2D eigenvalue weighted by Gasteiger charge is 2.28. The van der Waals surface area contributed by atoms with Crippen LogP contribution in [0.5, 0.6) is 0 Å². The molecule has 1 aromatic rings. The number of hydrogen-bond donors (Lipinski definition) is 2. The lowest BCUT2D eigenvalue weighted by atomic mass is 10.1. The second kappa shape index (κ2) is 7.99. The number of fused-ring (bicyclic) bond motifs is 1. The van der Waals surface area contributed by atoms with Gasteiger partial charge in [0.05, 0.1) is 11.8 Å². The fraction of sp³-hybridized carbons (Fsp3) is 0.722. The van der Waals surface area contributed by atoms with Crippen LogP contribution in [0.15, 0.2) is 0 Å². The molecular weight excluding hydrogens is 320 g/mol. The van der Waals surface area contributed by atoms with Gasteiger partial charge >= 0.3 is 0 Å². The molecule has 0 aliphatic carbocycles. The van der Waals surface area contributed by atoms with Crippen molar-refractivity contribution in [3.8, 4) is 0 Å². The zero-order chi connectivity index (χ0) is 17.8. The van der Waals surface area contributed by atoms with Gasteiger partial charge in [-0.05, 0) is 38.0 Å². The lowest BCUT2D eigenvalue weighted by molar-refractivity contribution is 0.0853. The quantitative estimate of drug-likeness (QED) is 0.816. The Hall–Kier alpha value is -1.89. The molecule has 138 valence electrons. The molecule has 2 aliphatic rings. The summed E-state index contributed by atoms with van der Waals surface area (Å²) in [5.41, 5.74) is 1.28. The maximum Gasteiger partial charge on any atom is 0.287 e. The summed E-state index contributed by atoms with van der Waals surface area (Å²) in [6.07, 6.45) is 4.92. The van der Waals surface area contributed by atoms with Crippen molar-refractivity contribution in [1.29, 1.82) is 0 Å². The average Bonchev–Trinajstić information content (AvgIpc) is 3.25. The smallest absolute Gasteiger partial charge is 0.287 e. The molecule has 0 spiro atoms. The summed E-state index contributed by atoms with van der Waals surface area (Å²) in [4.78, 5) is 29.5. The first-order chi connectivity index (χ1) is 12.1. The van der Waals surface area contributed by atoms with Gasteiger partial charge in [-0.15, -0.1) is 0 Å². The SMILES string of the molecule is CC(C)CNC(=O)c1nc(C(=O)NCC2CCCO2)c2n1CCCC2. The minimum Gasteiger partial charge on any atom is -0.376 e. The monoisotopic (exact) mass is 348 g/mol. The van der Waals surface area contributed by atoms with Gasteiger partial charge in [-0.25, -0.2) is 4.98 Å². The third-order valence-electron chi connectivity index (χ3n) is 4.72. The molecule has 0 aromatic carbocycles. The van der Waals surface area contributed by atoms with Gasteiger partial charge in [0.15, 0.2) is 5.82 Å². The fourth-order valence-corrected chi connectivity index (χ4v) is 3.37. The van der Waals surface area contributed by atoms with Crippen LogP contribution in [0.25, 0.3) is 0 Å². The van der Waals surface area contributed by atoms with Crippen LogP contribution in [0.3, 0.4) is 0 Å². The Balaban J connectivity index is 1.74. The van der Waals surface area contributed by atoms with Crippen LogP contribution in [0, 0.1) is 5.92 Å². The number of nitrogens with one attached hydrogen (secondary N) is 2. The van der Waals surface area contributed by atoms with Gasteiger partial charge in [0.2, 0.25) is 0 Å². The van der Waals surface area contributed by atoms with Gasteiger partial charge in [-0.3, -0.25) is 9.59 Å².